The summed E-state index contributed by atoms with van der Waals surface area (Å²) in [6, 6.07) is 7.96. The SMILES string of the molecule is Cc1ccc(C(N)=NC2=CC2N)cc1. The van der Waals surface area contributed by atoms with Gasteiger partial charge in [-0.15, -0.1) is 0 Å². The van der Waals surface area contributed by atoms with Crippen LogP contribution in [0.3, 0.4) is 0 Å². The minimum Gasteiger partial charge on any atom is -0.383 e. The number of aliphatic imine (C=N–C) groups is 1. The molecule has 0 spiro atoms. The molecule has 0 heterocycles. The Bertz CT molecular complexity index is 401. The van der Waals surface area contributed by atoms with Gasteiger partial charge < -0.3 is 11.5 Å². The van der Waals surface area contributed by atoms with Gasteiger partial charge in [0.15, 0.2) is 0 Å². The Kier molecular flexibility index (Phi) is 2.09. The Hall–Kier alpha value is -1.61. The van der Waals surface area contributed by atoms with E-state index in [2.05, 4.69) is 4.99 Å². The molecule has 3 nitrogen and oxygen atoms in total. The zero-order valence-electron chi connectivity index (χ0n) is 8.07. The molecule has 3 heteroatoms. The number of aryl methyl sites for hydroxylation is 1. The summed E-state index contributed by atoms with van der Waals surface area (Å²) in [6.45, 7) is 2.04. The summed E-state index contributed by atoms with van der Waals surface area (Å²) in [6.07, 6.45) is 1.88. The first-order valence-electron chi connectivity index (χ1n) is 4.55. The summed E-state index contributed by atoms with van der Waals surface area (Å²) >= 11 is 0. The fraction of sp³-hybridized carbons (Fsp3) is 0.182. The van der Waals surface area contributed by atoms with Crippen LogP contribution in [0.4, 0.5) is 0 Å². The van der Waals surface area contributed by atoms with Crippen molar-refractivity contribution in [2.45, 2.75) is 13.0 Å². The van der Waals surface area contributed by atoms with Crippen molar-refractivity contribution in [3.8, 4) is 0 Å². The van der Waals surface area contributed by atoms with Crippen LogP contribution in [0.5, 0.6) is 0 Å². The van der Waals surface area contributed by atoms with Crippen LogP contribution < -0.4 is 11.5 Å². The predicted molar refractivity (Wildman–Crippen MR) is 58.0 cm³/mol. The number of rotatable bonds is 2. The van der Waals surface area contributed by atoms with Crippen molar-refractivity contribution < 1.29 is 0 Å². The van der Waals surface area contributed by atoms with Gasteiger partial charge in [-0.1, -0.05) is 29.8 Å². The van der Waals surface area contributed by atoms with Crippen LogP contribution in [0.2, 0.25) is 0 Å². The van der Waals surface area contributed by atoms with Gasteiger partial charge in [0.05, 0.1) is 11.7 Å². The number of hydrogen-bond donors (Lipinski definition) is 2. The van der Waals surface area contributed by atoms with E-state index < -0.39 is 0 Å². The van der Waals surface area contributed by atoms with Gasteiger partial charge in [0.25, 0.3) is 0 Å². The third-order valence-electron chi connectivity index (χ3n) is 2.18. The molecular formula is C11H13N3. The van der Waals surface area contributed by atoms with Crippen LogP contribution in [0.1, 0.15) is 11.1 Å². The first kappa shape index (κ1) is 8.97. The maximum atomic E-state index is 5.80. The highest BCUT2D eigenvalue weighted by atomic mass is 14.9. The second kappa shape index (κ2) is 3.27. The van der Waals surface area contributed by atoms with Crippen molar-refractivity contribution in [2.24, 2.45) is 16.5 Å². The molecule has 0 radical (unpaired) electrons. The predicted octanol–water partition coefficient (Wildman–Crippen LogP) is 0.925. The Labute approximate surface area is 83.1 Å². The van der Waals surface area contributed by atoms with E-state index in [9.17, 15) is 0 Å². The molecule has 0 amide bonds. The number of nitrogens with zero attached hydrogens (tertiary/aromatic N) is 1. The van der Waals surface area contributed by atoms with Crippen LogP contribution in [0.15, 0.2) is 41.0 Å². The minimum absolute atomic E-state index is 0.0130. The lowest BCUT2D eigenvalue weighted by Gasteiger charge is -2.00. The van der Waals surface area contributed by atoms with Gasteiger partial charge in [-0.05, 0) is 13.0 Å². The average Bonchev–Trinajstić information content (AvgIpc) is 2.82. The van der Waals surface area contributed by atoms with Crippen LogP contribution in [-0.4, -0.2) is 11.9 Å². The molecule has 72 valence electrons. The van der Waals surface area contributed by atoms with E-state index >= 15 is 0 Å². The normalized spacial score (nSPS) is 20.6. The molecule has 1 aromatic carbocycles. The Morgan fingerprint density at radius 2 is 1.86 bits per heavy atom. The largest absolute Gasteiger partial charge is 0.383 e. The topological polar surface area (TPSA) is 64.4 Å². The van der Waals surface area contributed by atoms with Crippen LogP contribution in [0.25, 0.3) is 0 Å². The summed E-state index contributed by atoms with van der Waals surface area (Å²) < 4.78 is 0. The molecule has 0 aromatic heterocycles. The standard InChI is InChI=1S/C11H13N3/c1-7-2-4-8(5-3-7)11(13)14-10-6-9(10)12/h2-6,9H,12H2,1H3,(H2,13,14). The molecule has 0 saturated heterocycles. The summed E-state index contributed by atoms with van der Waals surface area (Å²) in [5.74, 6) is 0.532. The first-order valence-corrected chi connectivity index (χ1v) is 4.55. The zero-order chi connectivity index (χ0) is 10.1. The van der Waals surface area contributed by atoms with Gasteiger partial charge in [-0.25, -0.2) is 4.99 Å². The van der Waals surface area contributed by atoms with Gasteiger partial charge in [-0.2, -0.15) is 0 Å². The number of amidine groups is 1. The molecule has 1 aromatic rings. The van der Waals surface area contributed by atoms with Crippen LogP contribution in [0, 0.1) is 6.92 Å². The van der Waals surface area contributed by atoms with E-state index in [-0.39, 0.29) is 6.04 Å². The van der Waals surface area contributed by atoms with E-state index in [4.69, 9.17) is 11.5 Å². The van der Waals surface area contributed by atoms with Crippen molar-refractivity contribution in [3.05, 3.63) is 47.2 Å². The second-order valence-corrected chi connectivity index (χ2v) is 3.48. The van der Waals surface area contributed by atoms with Crippen LogP contribution in [-0.2, 0) is 0 Å². The van der Waals surface area contributed by atoms with Crippen molar-refractivity contribution >= 4 is 5.84 Å². The number of hydrogen-bond acceptors (Lipinski definition) is 2. The van der Waals surface area contributed by atoms with E-state index in [0.29, 0.717) is 5.84 Å². The molecule has 0 saturated carbocycles. The molecule has 4 N–H and O–H groups in total. The van der Waals surface area contributed by atoms with Crippen molar-refractivity contribution in [3.63, 3.8) is 0 Å². The second-order valence-electron chi connectivity index (χ2n) is 3.48. The maximum absolute atomic E-state index is 5.80. The van der Waals surface area contributed by atoms with Gasteiger partial charge in [0.1, 0.15) is 5.84 Å². The Balaban J connectivity index is 2.19. The summed E-state index contributed by atoms with van der Waals surface area (Å²) in [5, 5.41) is 0. The lowest BCUT2D eigenvalue weighted by atomic mass is 10.1. The van der Waals surface area contributed by atoms with Crippen LogP contribution >= 0.6 is 0 Å². The molecule has 0 bridgehead atoms. The van der Waals surface area contributed by atoms with Crippen molar-refractivity contribution in [1.29, 1.82) is 0 Å². The monoisotopic (exact) mass is 187 g/mol. The lowest BCUT2D eigenvalue weighted by Crippen LogP contribution is -2.14. The summed E-state index contributed by atoms with van der Waals surface area (Å²) in [7, 11) is 0. The fourth-order valence-corrected chi connectivity index (χ4v) is 1.18. The summed E-state index contributed by atoms with van der Waals surface area (Å²) in [5.41, 5.74) is 14.4. The molecule has 1 atom stereocenters. The zero-order valence-corrected chi connectivity index (χ0v) is 8.07. The highest BCUT2D eigenvalue weighted by molar-refractivity contribution is 5.98. The third-order valence-corrected chi connectivity index (χ3v) is 2.18. The molecule has 1 aliphatic carbocycles. The lowest BCUT2D eigenvalue weighted by molar-refractivity contribution is 1.09. The van der Waals surface area contributed by atoms with E-state index in [0.717, 1.165) is 11.3 Å². The van der Waals surface area contributed by atoms with Gasteiger partial charge in [0, 0.05) is 5.56 Å². The van der Waals surface area contributed by atoms with Crippen molar-refractivity contribution in [2.75, 3.05) is 0 Å². The molecule has 1 unspecified atom stereocenters. The third kappa shape index (κ3) is 1.83. The maximum Gasteiger partial charge on any atom is 0.131 e. The molecule has 0 fully saturated rings. The molecular weight excluding hydrogens is 174 g/mol. The number of nitrogens with two attached hydrogens (primary N) is 2. The van der Waals surface area contributed by atoms with Gasteiger partial charge in [0.2, 0.25) is 0 Å². The van der Waals surface area contributed by atoms with E-state index in [1.165, 1.54) is 5.56 Å². The molecule has 2 rings (SSSR count). The summed E-state index contributed by atoms with van der Waals surface area (Å²) in [4.78, 5) is 4.20. The Morgan fingerprint density at radius 1 is 1.29 bits per heavy atom. The quantitative estimate of drug-likeness (QED) is 0.534. The fourth-order valence-electron chi connectivity index (χ4n) is 1.18. The van der Waals surface area contributed by atoms with Gasteiger partial charge in [-0.3, -0.25) is 0 Å². The highest BCUT2D eigenvalue weighted by Gasteiger charge is 2.19. The molecule has 1 aliphatic rings. The highest BCUT2D eigenvalue weighted by Crippen LogP contribution is 2.19. The number of benzene rings is 1. The van der Waals surface area contributed by atoms with E-state index in [1.54, 1.807) is 0 Å². The Morgan fingerprint density at radius 3 is 2.36 bits per heavy atom. The minimum atomic E-state index is 0.0130. The molecule has 0 aliphatic heterocycles. The average molecular weight is 187 g/mol. The molecule has 14 heavy (non-hydrogen) atoms. The van der Waals surface area contributed by atoms with Crippen molar-refractivity contribution in [1.82, 2.24) is 0 Å². The van der Waals surface area contributed by atoms with E-state index in [1.807, 2.05) is 37.3 Å². The van der Waals surface area contributed by atoms with Gasteiger partial charge >= 0.3 is 0 Å². The smallest absolute Gasteiger partial charge is 0.131 e. The first-order chi connectivity index (χ1) is 6.66.